The molecule has 0 aromatic heterocycles. The van der Waals surface area contributed by atoms with E-state index < -0.39 is 75.2 Å². The lowest BCUT2D eigenvalue weighted by atomic mass is 9.85. The number of aliphatic hydroxyl groups is 7. The number of unbranched alkanes of at least 4 members (excludes halogenated alkanes) is 20. The van der Waals surface area contributed by atoms with Crippen molar-refractivity contribution in [1.29, 1.82) is 0 Å². The molecule has 1 aliphatic carbocycles. The standard InChI is InChI=1S/C42H80NO12P/c1-3-5-7-9-11-13-14-15-16-17-18-19-20-22-24-26-28-30-35(45)34(43-36(46)31-33(44)29-27-25-23-21-12-10-8-6-4-2)32-54-56(52,53)55-42-40(50)38(48)37(47)39(49)41(42)51/h10,12,28,30,33-35,37-42,44-45,47-51H,3-9,11,13-27,29,31-32H2,1-2H3,(H,43,46)(H,52,53)/b12-10-,30-28+. The van der Waals surface area contributed by atoms with Gasteiger partial charge in [0.1, 0.15) is 36.6 Å². The Morgan fingerprint density at radius 1 is 0.625 bits per heavy atom. The highest BCUT2D eigenvalue weighted by Crippen LogP contribution is 2.47. The van der Waals surface area contributed by atoms with E-state index in [1.54, 1.807) is 6.08 Å². The molecule has 9 N–H and O–H groups in total. The number of amides is 1. The average molecular weight is 822 g/mol. The van der Waals surface area contributed by atoms with Crippen LogP contribution in [0.25, 0.3) is 0 Å². The molecule has 0 aromatic carbocycles. The van der Waals surface area contributed by atoms with Crippen molar-refractivity contribution in [3.05, 3.63) is 24.3 Å². The second kappa shape index (κ2) is 32.6. The van der Waals surface area contributed by atoms with Gasteiger partial charge in [-0.25, -0.2) is 4.57 Å². The van der Waals surface area contributed by atoms with Crippen molar-refractivity contribution < 1.29 is 59.0 Å². The fourth-order valence-corrected chi connectivity index (χ4v) is 7.83. The Hall–Kier alpha value is -1.22. The number of nitrogens with one attached hydrogen (secondary N) is 1. The highest BCUT2D eigenvalue weighted by molar-refractivity contribution is 7.47. The van der Waals surface area contributed by atoms with Gasteiger partial charge in [-0.05, 0) is 38.5 Å². The summed E-state index contributed by atoms with van der Waals surface area (Å²) >= 11 is 0. The first-order valence-corrected chi connectivity index (χ1v) is 23.4. The van der Waals surface area contributed by atoms with E-state index in [2.05, 4.69) is 31.3 Å². The zero-order valence-corrected chi connectivity index (χ0v) is 35.4. The molecule has 1 rings (SSSR count). The van der Waals surface area contributed by atoms with Crippen molar-refractivity contribution in [2.75, 3.05) is 6.61 Å². The molecule has 8 atom stereocenters. The molecule has 0 saturated heterocycles. The van der Waals surface area contributed by atoms with Crippen LogP contribution in [0.4, 0.5) is 0 Å². The Morgan fingerprint density at radius 3 is 1.57 bits per heavy atom. The van der Waals surface area contributed by atoms with Crippen LogP contribution in [0.2, 0.25) is 0 Å². The predicted molar refractivity (Wildman–Crippen MR) is 220 cm³/mol. The average Bonchev–Trinajstić information content (AvgIpc) is 3.17. The number of carbonyl (C=O) groups excluding carboxylic acids is 1. The van der Waals surface area contributed by atoms with Crippen LogP contribution in [0.15, 0.2) is 24.3 Å². The summed E-state index contributed by atoms with van der Waals surface area (Å²) < 4.78 is 22.8. The summed E-state index contributed by atoms with van der Waals surface area (Å²) in [6.07, 6.45) is 20.0. The summed E-state index contributed by atoms with van der Waals surface area (Å²) in [7, 11) is -5.14. The lowest BCUT2D eigenvalue weighted by molar-refractivity contribution is -0.220. The SMILES string of the molecule is CCCC/C=C\CCCCCC(O)CC(=O)NC(COP(=O)(O)OC1C(O)C(O)C(O)C(O)C1O)C(O)/C=C/CCCCCCCCCCCCCCCCC. The van der Waals surface area contributed by atoms with Crippen LogP contribution in [0.5, 0.6) is 0 Å². The molecule has 1 saturated carbocycles. The van der Waals surface area contributed by atoms with Gasteiger partial charge in [0, 0.05) is 0 Å². The van der Waals surface area contributed by atoms with Gasteiger partial charge in [0.05, 0.1) is 31.3 Å². The van der Waals surface area contributed by atoms with Gasteiger partial charge in [-0.3, -0.25) is 13.8 Å². The minimum atomic E-state index is -5.14. The number of allylic oxidation sites excluding steroid dienone is 3. The topological polar surface area (TPSA) is 226 Å². The zero-order chi connectivity index (χ0) is 41.6. The van der Waals surface area contributed by atoms with Crippen molar-refractivity contribution >= 4 is 13.7 Å². The Morgan fingerprint density at radius 2 is 1.05 bits per heavy atom. The summed E-state index contributed by atoms with van der Waals surface area (Å²) in [5, 5.41) is 74.2. The fourth-order valence-electron chi connectivity index (χ4n) is 6.87. The van der Waals surface area contributed by atoms with E-state index in [-0.39, 0.29) is 6.42 Å². The van der Waals surface area contributed by atoms with E-state index in [1.807, 2.05) is 0 Å². The van der Waals surface area contributed by atoms with Gasteiger partial charge in [-0.1, -0.05) is 154 Å². The highest BCUT2D eigenvalue weighted by Gasteiger charge is 2.51. The third-order valence-electron chi connectivity index (χ3n) is 10.5. The van der Waals surface area contributed by atoms with Gasteiger partial charge in [-0.15, -0.1) is 0 Å². The number of aliphatic hydroxyl groups excluding tert-OH is 7. The Bertz CT molecular complexity index is 1060. The normalized spacial score (nSPS) is 24.4. The number of hydrogen-bond donors (Lipinski definition) is 9. The molecule has 0 aromatic rings. The van der Waals surface area contributed by atoms with Crippen molar-refractivity contribution in [3.63, 3.8) is 0 Å². The molecule has 8 unspecified atom stereocenters. The molecule has 56 heavy (non-hydrogen) atoms. The first-order valence-electron chi connectivity index (χ1n) is 21.9. The third-order valence-corrected chi connectivity index (χ3v) is 11.5. The summed E-state index contributed by atoms with van der Waals surface area (Å²) in [5.74, 6) is -0.605. The first-order chi connectivity index (χ1) is 26.8. The minimum absolute atomic E-state index is 0.255. The fraction of sp³-hybridized carbons (Fsp3) is 0.881. The second-order valence-electron chi connectivity index (χ2n) is 15.7. The van der Waals surface area contributed by atoms with Crippen LogP contribution in [0, 0.1) is 0 Å². The van der Waals surface area contributed by atoms with E-state index in [4.69, 9.17) is 9.05 Å². The number of phosphoric acid groups is 1. The molecule has 1 fully saturated rings. The molecular formula is C42H80NO12P. The van der Waals surface area contributed by atoms with Crippen LogP contribution < -0.4 is 5.32 Å². The van der Waals surface area contributed by atoms with Crippen LogP contribution in [-0.4, -0.2) is 108 Å². The summed E-state index contributed by atoms with van der Waals surface area (Å²) in [4.78, 5) is 23.3. The second-order valence-corrected chi connectivity index (χ2v) is 17.1. The molecule has 1 aliphatic rings. The van der Waals surface area contributed by atoms with Crippen LogP contribution >= 0.6 is 7.82 Å². The molecule has 0 heterocycles. The minimum Gasteiger partial charge on any atom is -0.393 e. The molecule has 330 valence electrons. The van der Waals surface area contributed by atoms with E-state index in [9.17, 15) is 50.0 Å². The molecular weight excluding hydrogens is 741 g/mol. The van der Waals surface area contributed by atoms with Crippen molar-refractivity contribution in [2.24, 2.45) is 0 Å². The van der Waals surface area contributed by atoms with Gasteiger partial charge in [-0.2, -0.15) is 0 Å². The summed E-state index contributed by atoms with van der Waals surface area (Å²) in [6.45, 7) is 3.66. The largest absolute Gasteiger partial charge is 0.472 e. The van der Waals surface area contributed by atoms with Gasteiger partial charge < -0.3 is 46.0 Å². The van der Waals surface area contributed by atoms with Crippen LogP contribution in [0.1, 0.15) is 174 Å². The lowest BCUT2D eigenvalue weighted by Crippen LogP contribution is -2.64. The molecule has 14 heteroatoms. The van der Waals surface area contributed by atoms with Gasteiger partial charge in [0.15, 0.2) is 0 Å². The number of phosphoric ester groups is 1. The Labute approximate surface area is 337 Å². The zero-order valence-electron chi connectivity index (χ0n) is 34.5. The number of hydrogen-bond acceptors (Lipinski definition) is 11. The van der Waals surface area contributed by atoms with Crippen LogP contribution in [0.3, 0.4) is 0 Å². The Balaban J connectivity index is 2.59. The molecule has 1 amide bonds. The number of rotatable bonds is 35. The third kappa shape index (κ3) is 24.6. The monoisotopic (exact) mass is 822 g/mol. The Kier molecular flexibility index (Phi) is 30.7. The maximum absolute atomic E-state index is 12.9. The van der Waals surface area contributed by atoms with Crippen molar-refractivity contribution in [3.8, 4) is 0 Å². The lowest BCUT2D eigenvalue weighted by Gasteiger charge is -2.41. The van der Waals surface area contributed by atoms with Crippen molar-refractivity contribution in [2.45, 2.75) is 229 Å². The summed E-state index contributed by atoms with van der Waals surface area (Å²) in [6, 6.07) is -1.24. The van der Waals surface area contributed by atoms with E-state index in [0.717, 1.165) is 57.8 Å². The van der Waals surface area contributed by atoms with Crippen molar-refractivity contribution in [1.82, 2.24) is 5.32 Å². The van der Waals surface area contributed by atoms with E-state index in [0.29, 0.717) is 12.8 Å². The first kappa shape index (κ1) is 52.8. The molecule has 0 bridgehead atoms. The van der Waals surface area contributed by atoms with Gasteiger partial charge in [0.2, 0.25) is 5.91 Å². The smallest absolute Gasteiger partial charge is 0.393 e. The van der Waals surface area contributed by atoms with E-state index in [1.165, 1.54) is 89.5 Å². The molecule has 0 radical (unpaired) electrons. The van der Waals surface area contributed by atoms with E-state index >= 15 is 0 Å². The maximum Gasteiger partial charge on any atom is 0.472 e. The van der Waals surface area contributed by atoms with Gasteiger partial charge in [0.25, 0.3) is 0 Å². The summed E-state index contributed by atoms with van der Waals surface area (Å²) in [5.41, 5.74) is 0. The highest BCUT2D eigenvalue weighted by atomic mass is 31.2. The molecule has 0 spiro atoms. The molecule has 13 nitrogen and oxygen atoms in total. The maximum atomic E-state index is 12.9. The van der Waals surface area contributed by atoms with Crippen LogP contribution in [-0.2, 0) is 18.4 Å². The predicted octanol–water partition coefficient (Wildman–Crippen LogP) is 6.42. The van der Waals surface area contributed by atoms with Gasteiger partial charge >= 0.3 is 7.82 Å². The quantitative estimate of drug-likeness (QED) is 0.0192. The molecule has 0 aliphatic heterocycles. The number of carbonyl (C=O) groups is 1.